The van der Waals surface area contributed by atoms with Gasteiger partial charge in [-0.15, -0.1) is 0 Å². The molecule has 0 fully saturated rings. The zero-order chi connectivity index (χ0) is 19.2. The number of pyridine rings is 1. The smallest absolute Gasteiger partial charge is 0.293 e. The van der Waals surface area contributed by atoms with Gasteiger partial charge in [0.05, 0.1) is 10.4 Å². The third-order valence-electron chi connectivity index (χ3n) is 4.03. The summed E-state index contributed by atoms with van der Waals surface area (Å²) in [4.78, 5) is 26.9. The van der Waals surface area contributed by atoms with Crippen LogP contribution in [-0.2, 0) is 0 Å². The van der Waals surface area contributed by atoms with E-state index in [2.05, 4.69) is 20.9 Å². The van der Waals surface area contributed by atoms with Crippen molar-refractivity contribution >= 4 is 34.0 Å². The molecule has 0 atom stereocenters. The molecule has 27 heavy (non-hydrogen) atoms. The molecular formula is C19H19N5O3. The molecule has 0 bridgehead atoms. The Morgan fingerprint density at radius 3 is 2.63 bits per heavy atom. The zero-order valence-corrected chi connectivity index (χ0v) is 14.7. The second kappa shape index (κ2) is 8.13. The number of carbonyl (C=O) groups is 1. The van der Waals surface area contributed by atoms with E-state index in [1.807, 2.05) is 36.4 Å². The normalized spacial score (nSPS) is 10.4. The molecule has 2 aromatic carbocycles. The van der Waals surface area contributed by atoms with Crippen molar-refractivity contribution in [2.45, 2.75) is 0 Å². The summed E-state index contributed by atoms with van der Waals surface area (Å²) in [5.74, 6) is 0.369. The Hall–Kier alpha value is -3.68. The molecule has 0 aliphatic heterocycles. The van der Waals surface area contributed by atoms with Crippen molar-refractivity contribution in [2.24, 2.45) is 0 Å². The number of rotatable bonds is 7. The van der Waals surface area contributed by atoms with Crippen LogP contribution in [0.25, 0.3) is 10.9 Å². The summed E-state index contributed by atoms with van der Waals surface area (Å²) >= 11 is 0. The van der Waals surface area contributed by atoms with Gasteiger partial charge in [-0.2, -0.15) is 0 Å². The number of nitrogens with zero attached hydrogens (tertiary/aromatic N) is 2. The molecular weight excluding hydrogens is 346 g/mol. The number of para-hydroxylation sites is 1. The highest BCUT2D eigenvalue weighted by Crippen LogP contribution is 2.25. The SMILES string of the molecule is CNC(=O)c1ccc(NCCNc2ccc3ccccc3n2)c([N+](=O)[O-])c1. The van der Waals surface area contributed by atoms with Crippen LogP contribution >= 0.6 is 0 Å². The van der Waals surface area contributed by atoms with E-state index >= 15 is 0 Å². The molecule has 1 aromatic heterocycles. The maximum Gasteiger partial charge on any atom is 0.293 e. The number of hydrogen-bond acceptors (Lipinski definition) is 6. The summed E-state index contributed by atoms with van der Waals surface area (Å²) in [5, 5.41) is 21.0. The van der Waals surface area contributed by atoms with Gasteiger partial charge in [-0.25, -0.2) is 4.98 Å². The quantitative estimate of drug-likeness (QED) is 0.337. The minimum atomic E-state index is -0.507. The van der Waals surface area contributed by atoms with Crippen LogP contribution in [0.4, 0.5) is 17.2 Å². The molecule has 1 heterocycles. The van der Waals surface area contributed by atoms with Crippen LogP contribution in [0, 0.1) is 10.1 Å². The van der Waals surface area contributed by atoms with Crippen LogP contribution in [0.2, 0.25) is 0 Å². The number of aromatic nitrogens is 1. The maximum atomic E-state index is 11.6. The molecule has 0 aliphatic carbocycles. The Kier molecular flexibility index (Phi) is 5.46. The van der Waals surface area contributed by atoms with Crippen molar-refractivity contribution in [3.63, 3.8) is 0 Å². The lowest BCUT2D eigenvalue weighted by atomic mass is 10.1. The van der Waals surface area contributed by atoms with Crippen molar-refractivity contribution in [1.82, 2.24) is 10.3 Å². The number of nitrogens with one attached hydrogen (secondary N) is 3. The number of anilines is 2. The molecule has 0 spiro atoms. The van der Waals surface area contributed by atoms with Crippen LogP contribution in [-0.4, -0.2) is 36.0 Å². The lowest BCUT2D eigenvalue weighted by Gasteiger charge is -2.10. The molecule has 3 aromatic rings. The highest BCUT2D eigenvalue weighted by Gasteiger charge is 2.16. The Morgan fingerprint density at radius 2 is 1.85 bits per heavy atom. The molecule has 0 saturated carbocycles. The molecule has 3 rings (SSSR count). The third kappa shape index (κ3) is 4.30. The van der Waals surface area contributed by atoms with Gasteiger partial charge in [0.1, 0.15) is 11.5 Å². The minimum Gasteiger partial charge on any atom is -0.378 e. The van der Waals surface area contributed by atoms with Gasteiger partial charge in [0, 0.05) is 37.2 Å². The van der Waals surface area contributed by atoms with E-state index in [1.54, 1.807) is 6.07 Å². The van der Waals surface area contributed by atoms with Gasteiger partial charge in [0.25, 0.3) is 11.6 Å². The van der Waals surface area contributed by atoms with E-state index < -0.39 is 4.92 Å². The van der Waals surface area contributed by atoms with Gasteiger partial charge in [0.2, 0.25) is 0 Å². The average Bonchev–Trinajstić information content (AvgIpc) is 2.70. The number of fused-ring (bicyclic) bond motifs is 1. The first-order valence-electron chi connectivity index (χ1n) is 8.42. The van der Waals surface area contributed by atoms with Gasteiger partial charge < -0.3 is 16.0 Å². The first-order valence-corrected chi connectivity index (χ1v) is 8.42. The molecule has 0 aliphatic rings. The summed E-state index contributed by atoms with van der Waals surface area (Å²) < 4.78 is 0. The zero-order valence-electron chi connectivity index (χ0n) is 14.7. The fraction of sp³-hybridized carbons (Fsp3) is 0.158. The standard InChI is InChI=1S/C19H19N5O3/c1-20-19(25)14-6-8-16(17(12-14)24(26)27)21-10-11-22-18-9-7-13-4-2-3-5-15(13)23-18/h2-9,12,21H,10-11H2,1H3,(H,20,25)(H,22,23). The van der Waals surface area contributed by atoms with Crippen molar-refractivity contribution in [2.75, 3.05) is 30.8 Å². The molecule has 8 heteroatoms. The van der Waals surface area contributed by atoms with Crippen molar-refractivity contribution < 1.29 is 9.72 Å². The van der Waals surface area contributed by atoms with Gasteiger partial charge in [-0.1, -0.05) is 18.2 Å². The molecule has 1 amide bonds. The van der Waals surface area contributed by atoms with E-state index in [0.717, 1.165) is 16.7 Å². The Bertz CT molecular complexity index is 990. The van der Waals surface area contributed by atoms with Crippen molar-refractivity contribution in [1.29, 1.82) is 0 Å². The van der Waals surface area contributed by atoms with Crippen molar-refractivity contribution in [3.05, 3.63) is 70.3 Å². The Balaban J connectivity index is 1.62. The summed E-state index contributed by atoms with van der Waals surface area (Å²) in [6, 6.07) is 16.1. The second-order valence-electron chi connectivity index (χ2n) is 5.81. The van der Waals surface area contributed by atoms with E-state index in [9.17, 15) is 14.9 Å². The van der Waals surface area contributed by atoms with Crippen LogP contribution in [0.5, 0.6) is 0 Å². The van der Waals surface area contributed by atoms with E-state index in [0.29, 0.717) is 18.8 Å². The second-order valence-corrected chi connectivity index (χ2v) is 5.81. The highest BCUT2D eigenvalue weighted by atomic mass is 16.6. The molecule has 8 nitrogen and oxygen atoms in total. The Morgan fingerprint density at radius 1 is 1.07 bits per heavy atom. The number of benzene rings is 2. The van der Waals surface area contributed by atoms with Crippen LogP contribution in [0.1, 0.15) is 10.4 Å². The van der Waals surface area contributed by atoms with Gasteiger partial charge in [0.15, 0.2) is 0 Å². The van der Waals surface area contributed by atoms with Crippen LogP contribution in [0.3, 0.4) is 0 Å². The lowest BCUT2D eigenvalue weighted by Crippen LogP contribution is -2.18. The number of nitro groups is 1. The summed E-state index contributed by atoms with van der Waals surface area (Å²) in [7, 11) is 1.48. The van der Waals surface area contributed by atoms with Crippen LogP contribution < -0.4 is 16.0 Å². The largest absolute Gasteiger partial charge is 0.378 e. The number of carbonyl (C=O) groups excluding carboxylic acids is 1. The maximum absolute atomic E-state index is 11.6. The average molecular weight is 365 g/mol. The fourth-order valence-corrected chi connectivity index (χ4v) is 2.67. The van der Waals surface area contributed by atoms with E-state index in [4.69, 9.17) is 0 Å². The van der Waals surface area contributed by atoms with E-state index in [-0.39, 0.29) is 17.2 Å². The minimum absolute atomic E-state index is 0.139. The predicted octanol–water partition coefficient (Wildman–Crippen LogP) is 3.03. The molecule has 138 valence electrons. The summed E-state index contributed by atoms with van der Waals surface area (Å²) in [5.41, 5.74) is 1.37. The number of amides is 1. The number of nitro benzene ring substituents is 1. The fourth-order valence-electron chi connectivity index (χ4n) is 2.67. The summed E-state index contributed by atoms with van der Waals surface area (Å²) in [6.45, 7) is 0.981. The molecule has 3 N–H and O–H groups in total. The van der Waals surface area contributed by atoms with Crippen molar-refractivity contribution in [3.8, 4) is 0 Å². The van der Waals surface area contributed by atoms with E-state index in [1.165, 1.54) is 19.2 Å². The monoisotopic (exact) mass is 365 g/mol. The van der Waals surface area contributed by atoms with Gasteiger partial charge in [-0.05, 0) is 30.3 Å². The van der Waals surface area contributed by atoms with Crippen LogP contribution in [0.15, 0.2) is 54.6 Å². The molecule has 0 unspecified atom stereocenters. The third-order valence-corrected chi connectivity index (χ3v) is 4.03. The lowest BCUT2D eigenvalue weighted by molar-refractivity contribution is -0.384. The summed E-state index contributed by atoms with van der Waals surface area (Å²) in [6.07, 6.45) is 0. The topological polar surface area (TPSA) is 109 Å². The Labute approximate surface area is 155 Å². The highest BCUT2D eigenvalue weighted by molar-refractivity contribution is 5.95. The first-order chi connectivity index (χ1) is 13.1. The van der Waals surface area contributed by atoms with Gasteiger partial charge >= 0.3 is 0 Å². The predicted molar refractivity (Wildman–Crippen MR) is 105 cm³/mol. The molecule has 0 radical (unpaired) electrons. The number of hydrogen-bond donors (Lipinski definition) is 3. The first kappa shape index (κ1) is 18.1. The van der Waals surface area contributed by atoms with Gasteiger partial charge in [-0.3, -0.25) is 14.9 Å². The molecule has 0 saturated heterocycles.